The van der Waals surface area contributed by atoms with E-state index in [-0.39, 0.29) is 11.1 Å². The zero-order valence-corrected chi connectivity index (χ0v) is 25.6. The zero-order valence-electron chi connectivity index (χ0n) is 22.5. The second-order valence-electron chi connectivity index (χ2n) is 8.60. The number of ketones is 1. The van der Waals surface area contributed by atoms with Crippen molar-refractivity contribution < 1.29 is 47.5 Å². The lowest BCUT2D eigenvalue weighted by molar-refractivity contribution is -0.377. The molecule has 2 aromatic carbocycles. The van der Waals surface area contributed by atoms with E-state index < -0.39 is 46.2 Å². The fraction of sp³-hybridized carbons (Fsp3) is 0.321. The van der Waals surface area contributed by atoms with Crippen LogP contribution in [0.3, 0.4) is 0 Å². The average Bonchev–Trinajstić information content (AvgIpc) is 3.40. The van der Waals surface area contributed by atoms with Crippen LogP contribution in [-0.2, 0) is 47.5 Å². The minimum Gasteiger partial charge on any atom is -0.466 e. The summed E-state index contributed by atoms with van der Waals surface area (Å²) >= 11 is 6.85. The Bertz CT molecular complexity index is 1400. The van der Waals surface area contributed by atoms with E-state index in [2.05, 4.69) is 31.9 Å². The Labute approximate surface area is 247 Å². The van der Waals surface area contributed by atoms with Crippen LogP contribution in [0.1, 0.15) is 11.1 Å². The molecule has 1 aliphatic carbocycles. The summed E-state index contributed by atoms with van der Waals surface area (Å²) in [7, 11) is 7.09. The molecule has 4 rings (SSSR count). The molecule has 0 aromatic heterocycles. The highest BCUT2D eigenvalue weighted by molar-refractivity contribution is 9.10. The first-order valence-corrected chi connectivity index (χ1v) is 13.3. The Morgan fingerprint density at radius 2 is 1.12 bits per heavy atom. The molecule has 0 saturated heterocycles. The standard InChI is InChI=1S/C28H26Br2O10/c1-34-24(32)21-22(25(33)35-2)28(38-5,39-6)40-26(21)20(16-9-13-18(30)14-10-16)19(15-7-11-17(29)12-8-15)23(31)27(26,36-3)37-4/h7-14H,1-6H3. The topological polar surface area (TPSA) is 116 Å². The molecule has 0 saturated carbocycles. The number of ether oxygens (including phenoxy) is 7. The molecular weight excluding hydrogens is 656 g/mol. The third-order valence-electron chi connectivity index (χ3n) is 6.94. The van der Waals surface area contributed by atoms with Crippen molar-refractivity contribution in [2.24, 2.45) is 0 Å². The van der Waals surface area contributed by atoms with E-state index in [0.717, 1.165) is 23.2 Å². The van der Waals surface area contributed by atoms with E-state index in [1.807, 2.05) is 0 Å². The van der Waals surface area contributed by atoms with Gasteiger partial charge in [-0.3, -0.25) is 4.79 Å². The monoisotopic (exact) mass is 680 g/mol. The van der Waals surface area contributed by atoms with E-state index in [0.29, 0.717) is 11.1 Å². The van der Waals surface area contributed by atoms with Crippen molar-refractivity contribution in [2.75, 3.05) is 42.7 Å². The number of carbonyl (C=O) groups is 3. The highest BCUT2D eigenvalue weighted by Crippen LogP contribution is 2.63. The van der Waals surface area contributed by atoms with Gasteiger partial charge in [0.1, 0.15) is 5.57 Å². The predicted octanol–water partition coefficient (Wildman–Crippen LogP) is 4.05. The van der Waals surface area contributed by atoms with Crippen LogP contribution in [0, 0.1) is 0 Å². The number of hydrogen-bond donors (Lipinski definition) is 0. The molecule has 0 bridgehead atoms. The summed E-state index contributed by atoms with van der Waals surface area (Å²) in [6, 6.07) is 13.8. The minimum atomic E-state index is -2.36. The molecular formula is C28H26Br2O10. The van der Waals surface area contributed by atoms with Crippen LogP contribution in [0.25, 0.3) is 11.1 Å². The molecule has 10 nitrogen and oxygen atoms in total. The maximum Gasteiger partial charge on any atom is 0.342 e. The molecule has 1 aliphatic heterocycles. The van der Waals surface area contributed by atoms with Crippen molar-refractivity contribution in [3.05, 3.63) is 79.7 Å². The normalized spacial score (nSPS) is 21.4. The Kier molecular flexibility index (Phi) is 8.53. The summed E-state index contributed by atoms with van der Waals surface area (Å²) in [5.74, 6) is -7.45. The molecule has 1 unspecified atom stereocenters. The van der Waals surface area contributed by atoms with Crippen LogP contribution in [0.4, 0.5) is 0 Å². The van der Waals surface area contributed by atoms with Gasteiger partial charge < -0.3 is 33.2 Å². The molecule has 2 aliphatic rings. The lowest BCUT2D eigenvalue weighted by Crippen LogP contribution is -2.62. The molecule has 40 heavy (non-hydrogen) atoms. The van der Waals surface area contributed by atoms with Gasteiger partial charge in [-0.15, -0.1) is 0 Å². The van der Waals surface area contributed by atoms with Crippen molar-refractivity contribution in [3.8, 4) is 0 Å². The van der Waals surface area contributed by atoms with Gasteiger partial charge in [0, 0.05) is 48.5 Å². The van der Waals surface area contributed by atoms with Crippen LogP contribution in [0.2, 0.25) is 0 Å². The van der Waals surface area contributed by atoms with Gasteiger partial charge in [-0.25, -0.2) is 9.59 Å². The molecule has 1 spiro atoms. The number of carbonyl (C=O) groups excluding carboxylic acids is 3. The number of esters is 2. The summed E-state index contributed by atoms with van der Waals surface area (Å²) in [5, 5.41) is 0. The molecule has 0 radical (unpaired) electrons. The molecule has 212 valence electrons. The van der Waals surface area contributed by atoms with Gasteiger partial charge in [0.2, 0.25) is 5.78 Å². The SMILES string of the molecule is COC(=O)C1=C(C(=O)OC)C2(OC1(OC)OC)C(c1ccc(Br)cc1)=C(c1ccc(Br)cc1)C(=O)C2(OC)OC. The van der Waals surface area contributed by atoms with E-state index in [1.165, 1.54) is 28.4 Å². The Hall–Kier alpha value is -2.71. The van der Waals surface area contributed by atoms with Gasteiger partial charge in [0.05, 0.1) is 19.8 Å². The Morgan fingerprint density at radius 1 is 0.675 bits per heavy atom. The summed E-state index contributed by atoms with van der Waals surface area (Å²) < 4.78 is 41.2. The van der Waals surface area contributed by atoms with Gasteiger partial charge in [-0.1, -0.05) is 56.1 Å². The maximum atomic E-state index is 14.6. The van der Waals surface area contributed by atoms with Crippen LogP contribution in [0.5, 0.6) is 0 Å². The molecule has 1 atom stereocenters. The van der Waals surface area contributed by atoms with E-state index in [1.54, 1.807) is 48.5 Å². The largest absolute Gasteiger partial charge is 0.466 e. The molecule has 0 N–H and O–H groups in total. The van der Waals surface area contributed by atoms with Crippen LogP contribution < -0.4 is 0 Å². The highest BCUT2D eigenvalue weighted by atomic mass is 79.9. The van der Waals surface area contributed by atoms with Gasteiger partial charge >= 0.3 is 17.9 Å². The van der Waals surface area contributed by atoms with Crippen molar-refractivity contribution in [1.29, 1.82) is 0 Å². The number of benzene rings is 2. The van der Waals surface area contributed by atoms with Gasteiger partial charge in [0.25, 0.3) is 5.79 Å². The molecule has 0 fully saturated rings. The first-order valence-electron chi connectivity index (χ1n) is 11.7. The quantitative estimate of drug-likeness (QED) is 0.299. The predicted molar refractivity (Wildman–Crippen MR) is 148 cm³/mol. The fourth-order valence-corrected chi connectivity index (χ4v) is 5.81. The van der Waals surface area contributed by atoms with Crippen LogP contribution in [0.15, 0.2) is 68.6 Å². The number of hydrogen-bond acceptors (Lipinski definition) is 10. The first kappa shape index (κ1) is 30.3. The minimum absolute atomic E-state index is 0.104. The van der Waals surface area contributed by atoms with E-state index in [4.69, 9.17) is 33.2 Å². The molecule has 2 aromatic rings. The number of rotatable bonds is 8. The van der Waals surface area contributed by atoms with Crippen molar-refractivity contribution in [3.63, 3.8) is 0 Å². The lowest BCUT2D eigenvalue weighted by Gasteiger charge is -2.43. The second-order valence-corrected chi connectivity index (χ2v) is 10.4. The number of halogens is 2. The third-order valence-corrected chi connectivity index (χ3v) is 8.00. The number of Topliss-reactive ketones (excluding diaryl/α,β-unsaturated/α-hetero) is 1. The van der Waals surface area contributed by atoms with Gasteiger partial charge in [-0.05, 0) is 35.4 Å². The van der Waals surface area contributed by atoms with Crippen molar-refractivity contribution in [2.45, 2.75) is 17.4 Å². The summed E-state index contributed by atoms with van der Waals surface area (Å²) in [5.41, 5.74) is -2.08. The zero-order chi connectivity index (χ0) is 29.5. The van der Waals surface area contributed by atoms with Gasteiger partial charge in [-0.2, -0.15) is 0 Å². The van der Waals surface area contributed by atoms with Gasteiger partial charge in [0.15, 0.2) is 5.60 Å². The Balaban J connectivity index is 2.31. The average molecular weight is 682 g/mol. The second kappa shape index (κ2) is 11.3. The summed E-state index contributed by atoms with van der Waals surface area (Å²) in [6.45, 7) is 0. The van der Waals surface area contributed by atoms with Crippen LogP contribution >= 0.6 is 31.9 Å². The lowest BCUT2D eigenvalue weighted by atomic mass is 9.78. The first-order chi connectivity index (χ1) is 19.1. The van der Waals surface area contributed by atoms with E-state index >= 15 is 0 Å². The third kappa shape index (κ3) is 4.13. The number of methoxy groups -OCH3 is 6. The summed E-state index contributed by atoms with van der Waals surface area (Å²) in [4.78, 5) is 41.7. The molecule has 1 heterocycles. The molecule has 0 amide bonds. The summed E-state index contributed by atoms with van der Waals surface area (Å²) in [6.07, 6.45) is 0. The molecule has 12 heteroatoms. The highest BCUT2D eigenvalue weighted by Gasteiger charge is 2.78. The van der Waals surface area contributed by atoms with Crippen molar-refractivity contribution in [1.82, 2.24) is 0 Å². The fourth-order valence-electron chi connectivity index (χ4n) is 5.28. The Morgan fingerprint density at radius 3 is 1.55 bits per heavy atom. The maximum absolute atomic E-state index is 14.6. The smallest absolute Gasteiger partial charge is 0.342 e. The van der Waals surface area contributed by atoms with Crippen LogP contribution in [-0.4, -0.2) is 77.7 Å². The van der Waals surface area contributed by atoms with Crippen molar-refractivity contribution >= 4 is 60.7 Å². The van der Waals surface area contributed by atoms with E-state index in [9.17, 15) is 14.4 Å².